The van der Waals surface area contributed by atoms with Gasteiger partial charge in [-0.15, -0.1) is 0 Å². The van der Waals surface area contributed by atoms with Crippen molar-refractivity contribution in [3.05, 3.63) is 52.9 Å². The first-order valence-corrected chi connectivity index (χ1v) is 7.68. The number of hydrogen-bond acceptors (Lipinski definition) is 3. The highest BCUT2D eigenvalue weighted by Crippen LogP contribution is 2.12. The quantitative estimate of drug-likeness (QED) is 0.636. The standard InChI is InChI=1S/C17H24N4O/c1-4-18-17(20-12-15-8-6-5-7-9-15)19-11-10-16-13(2)21-22-14(16)3/h5-9H,4,10-12H2,1-3H3,(H2,18,19,20). The van der Waals surface area contributed by atoms with Gasteiger partial charge in [0.05, 0.1) is 12.2 Å². The van der Waals surface area contributed by atoms with Crippen molar-refractivity contribution in [3.63, 3.8) is 0 Å². The Bertz CT molecular complexity index is 585. The molecule has 2 aromatic rings. The molecule has 0 spiro atoms. The highest BCUT2D eigenvalue weighted by molar-refractivity contribution is 5.79. The lowest BCUT2D eigenvalue weighted by Gasteiger charge is -2.11. The number of guanidine groups is 1. The number of aliphatic imine (C=N–C) groups is 1. The van der Waals surface area contributed by atoms with Crippen molar-refractivity contribution < 1.29 is 4.52 Å². The summed E-state index contributed by atoms with van der Waals surface area (Å²) in [4.78, 5) is 4.60. The third kappa shape index (κ3) is 4.62. The molecule has 118 valence electrons. The van der Waals surface area contributed by atoms with E-state index in [1.165, 1.54) is 11.1 Å². The Kier molecular flexibility index (Phi) is 6.01. The molecular formula is C17H24N4O. The highest BCUT2D eigenvalue weighted by Gasteiger charge is 2.08. The van der Waals surface area contributed by atoms with Crippen LogP contribution in [-0.4, -0.2) is 24.2 Å². The van der Waals surface area contributed by atoms with Gasteiger partial charge in [0.15, 0.2) is 5.96 Å². The van der Waals surface area contributed by atoms with Gasteiger partial charge in [-0.3, -0.25) is 0 Å². The number of benzene rings is 1. The first-order chi connectivity index (χ1) is 10.7. The Morgan fingerprint density at radius 1 is 1.18 bits per heavy atom. The molecule has 0 atom stereocenters. The van der Waals surface area contributed by atoms with Gasteiger partial charge in [0.1, 0.15) is 5.76 Å². The smallest absolute Gasteiger partial charge is 0.191 e. The zero-order valence-electron chi connectivity index (χ0n) is 13.5. The fourth-order valence-electron chi connectivity index (χ4n) is 2.26. The summed E-state index contributed by atoms with van der Waals surface area (Å²) >= 11 is 0. The highest BCUT2D eigenvalue weighted by atomic mass is 16.5. The molecule has 0 radical (unpaired) electrons. The third-order valence-corrected chi connectivity index (χ3v) is 3.46. The maximum absolute atomic E-state index is 5.18. The van der Waals surface area contributed by atoms with Gasteiger partial charge in [0, 0.05) is 18.7 Å². The van der Waals surface area contributed by atoms with E-state index in [0.717, 1.165) is 36.9 Å². The molecule has 1 aromatic carbocycles. The van der Waals surface area contributed by atoms with E-state index in [0.29, 0.717) is 6.54 Å². The molecule has 0 aliphatic rings. The average Bonchev–Trinajstić information content (AvgIpc) is 2.85. The number of rotatable bonds is 6. The van der Waals surface area contributed by atoms with Crippen LogP contribution in [0.25, 0.3) is 0 Å². The van der Waals surface area contributed by atoms with Crippen LogP contribution in [0.15, 0.2) is 39.8 Å². The third-order valence-electron chi connectivity index (χ3n) is 3.46. The van der Waals surface area contributed by atoms with E-state index in [-0.39, 0.29) is 0 Å². The van der Waals surface area contributed by atoms with E-state index in [2.05, 4.69) is 39.8 Å². The fraction of sp³-hybridized carbons (Fsp3) is 0.412. The van der Waals surface area contributed by atoms with Gasteiger partial charge in [-0.1, -0.05) is 35.5 Å². The molecule has 1 heterocycles. The summed E-state index contributed by atoms with van der Waals surface area (Å²) in [7, 11) is 0. The molecule has 1 aromatic heterocycles. The fourth-order valence-corrected chi connectivity index (χ4v) is 2.26. The van der Waals surface area contributed by atoms with E-state index in [4.69, 9.17) is 4.52 Å². The van der Waals surface area contributed by atoms with Gasteiger partial charge >= 0.3 is 0 Å². The SMILES string of the molecule is CCNC(=NCc1ccccc1)NCCc1c(C)noc1C. The van der Waals surface area contributed by atoms with Gasteiger partial charge in [-0.05, 0) is 32.8 Å². The van der Waals surface area contributed by atoms with Crippen LogP contribution in [-0.2, 0) is 13.0 Å². The Balaban J connectivity index is 1.88. The van der Waals surface area contributed by atoms with Gasteiger partial charge in [-0.25, -0.2) is 4.99 Å². The summed E-state index contributed by atoms with van der Waals surface area (Å²) in [5.74, 6) is 1.73. The van der Waals surface area contributed by atoms with Crippen molar-refractivity contribution in [2.75, 3.05) is 13.1 Å². The minimum Gasteiger partial charge on any atom is -0.361 e. The van der Waals surface area contributed by atoms with E-state index in [1.807, 2.05) is 32.0 Å². The zero-order valence-corrected chi connectivity index (χ0v) is 13.5. The van der Waals surface area contributed by atoms with E-state index >= 15 is 0 Å². The lowest BCUT2D eigenvalue weighted by atomic mass is 10.1. The molecule has 0 saturated carbocycles. The molecule has 0 aliphatic heterocycles. The predicted octanol–water partition coefficient (Wildman–Crippen LogP) is 2.59. The van der Waals surface area contributed by atoms with Crippen molar-refractivity contribution in [1.82, 2.24) is 15.8 Å². The second kappa shape index (κ2) is 8.22. The van der Waals surface area contributed by atoms with Gasteiger partial charge in [0.25, 0.3) is 0 Å². The summed E-state index contributed by atoms with van der Waals surface area (Å²) in [6.07, 6.45) is 0.872. The van der Waals surface area contributed by atoms with Crippen molar-refractivity contribution in [2.24, 2.45) is 4.99 Å². The summed E-state index contributed by atoms with van der Waals surface area (Å²) in [5, 5.41) is 10.6. The van der Waals surface area contributed by atoms with Crippen LogP contribution in [0.2, 0.25) is 0 Å². The Labute approximate surface area is 131 Å². The van der Waals surface area contributed by atoms with E-state index < -0.39 is 0 Å². The average molecular weight is 300 g/mol. The second-order valence-corrected chi connectivity index (χ2v) is 5.16. The molecule has 0 unspecified atom stereocenters. The second-order valence-electron chi connectivity index (χ2n) is 5.16. The Morgan fingerprint density at radius 2 is 1.95 bits per heavy atom. The number of nitrogens with zero attached hydrogens (tertiary/aromatic N) is 2. The van der Waals surface area contributed by atoms with Crippen molar-refractivity contribution >= 4 is 5.96 Å². The molecule has 0 fully saturated rings. The zero-order chi connectivity index (χ0) is 15.8. The van der Waals surface area contributed by atoms with Gasteiger partial charge in [-0.2, -0.15) is 0 Å². The number of aromatic nitrogens is 1. The first kappa shape index (κ1) is 16.1. The van der Waals surface area contributed by atoms with Crippen LogP contribution in [0.3, 0.4) is 0 Å². The largest absolute Gasteiger partial charge is 0.361 e. The molecule has 5 nitrogen and oxygen atoms in total. The normalized spacial score (nSPS) is 11.5. The maximum atomic E-state index is 5.18. The first-order valence-electron chi connectivity index (χ1n) is 7.68. The Morgan fingerprint density at radius 3 is 2.59 bits per heavy atom. The van der Waals surface area contributed by atoms with E-state index in [1.54, 1.807) is 0 Å². The molecule has 0 amide bonds. The van der Waals surface area contributed by atoms with Crippen LogP contribution in [0.5, 0.6) is 0 Å². The van der Waals surface area contributed by atoms with Crippen LogP contribution >= 0.6 is 0 Å². The van der Waals surface area contributed by atoms with Crippen molar-refractivity contribution in [2.45, 2.75) is 33.7 Å². The summed E-state index contributed by atoms with van der Waals surface area (Å²) < 4.78 is 5.18. The topological polar surface area (TPSA) is 62.5 Å². The summed E-state index contributed by atoms with van der Waals surface area (Å²) in [6.45, 7) is 8.29. The minimum absolute atomic E-state index is 0.668. The minimum atomic E-state index is 0.668. The molecule has 5 heteroatoms. The van der Waals surface area contributed by atoms with Gasteiger partial charge in [0.2, 0.25) is 0 Å². The number of aryl methyl sites for hydroxylation is 2. The van der Waals surface area contributed by atoms with Crippen LogP contribution in [0.4, 0.5) is 0 Å². The van der Waals surface area contributed by atoms with Crippen LogP contribution in [0, 0.1) is 13.8 Å². The summed E-state index contributed by atoms with van der Waals surface area (Å²) in [6, 6.07) is 10.2. The van der Waals surface area contributed by atoms with Crippen molar-refractivity contribution in [3.8, 4) is 0 Å². The van der Waals surface area contributed by atoms with Gasteiger partial charge < -0.3 is 15.2 Å². The molecular weight excluding hydrogens is 276 g/mol. The number of hydrogen-bond donors (Lipinski definition) is 2. The molecule has 0 bridgehead atoms. The predicted molar refractivity (Wildman–Crippen MR) is 88.9 cm³/mol. The van der Waals surface area contributed by atoms with Crippen molar-refractivity contribution in [1.29, 1.82) is 0 Å². The molecule has 0 saturated heterocycles. The lowest BCUT2D eigenvalue weighted by molar-refractivity contribution is 0.392. The Hall–Kier alpha value is -2.30. The van der Waals surface area contributed by atoms with Crippen LogP contribution < -0.4 is 10.6 Å². The monoisotopic (exact) mass is 300 g/mol. The molecule has 0 aliphatic carbocycles. The molecule has 2 N–H and O–H groups in total. The van der Waals surface area contributed by atoms with E-state index in [9.17, 15) is 0 Å². The lowest BCUT2D eigenvalue weighted by Crippen LogP contribution is -2.38. The number of nitrogens with one attached hydrogen (secondary N) is 2. The maximum Gasteiger partial charge on any atom is 0.191 e. The summed E-state index contributed by atoms with van der Waals surface area (Å²) in [5.41, 5.74) is 3.34. The molecule has 2 rings (SSSR count). The van der Waals surface area contributed by atoms with Crippen LogP contribution in [0.1, 0.15) is 29.5 Å². The molecule has 22 heavy (non-hydrogen) atoms.